The van der Waals surface area contributed by atoms with Crippen LogP contribution in [-0.2, 0) is 14.3 Å². The minimum absolute atomic E-state index is 0.0256. The van der Waals surface area contributed by atoms with E-state index in [2.05, 4.69) is 0 Å². The van der Waals surface area contributed by atoms with Crippen LogP contribution in [0.2, 0.25) is 0 Å². The lowest BCUT2D eigenvalue weighted by molar-refractivity contribution is -0.177. The third-order valence-electron chi connectivity index (χ3n) is 4.25. The number of hydrogen-bond donors (Lipinski definition) is 2. The number of hydrogen-bond acceptors (Lipinski definition) is 4. The minimum Gasteiger partial charge on any atom is -0.480 e. The second-order valence-corrected chi connectivity index (χ2v) is 6.67. The molecule has 0 spiro atoms. The fraction of sp³-hybridized carbons (Fsp3) is 0.875. The van der Waals surface area contributed by atoms with Gasteiger partial charge in [-0.25, -0.2) is 0 Å². The Morgan fingerprint density at radius 2 is 1.81 bits per heavy atom. The van der Waals surface area contributed by atoms with Crippen molar-refractivity contribution in [2.75, 3.05) is 6.61 Å². The quantitative estimate of drug-likeness (QED) is 0.558. The third-order valence-corrected chi connectivity index (χ3v) is 4.25. The van der Waals surface area contributed by atoms with Gasteiger partial charge in [-0.3, -0.25) is 9.59 Å². The number of carbonyl (C=O) groups is 2. The Labute approximate surface area is 126 Å². The summed E-state index contributed by atoms with van der Waals surface area (Å²) in [6.07, 6.45) is 4.04. The van der Waals surface area contributed by atoms with Gasteiger partial charge in [0.2, 0.25) is 0 Å². The zero-order valence-electron chi connectivity index (χ0n) is 13.4. The van der Waals surface area contributed by atoms with E-state index in [9.17, 15) is 19.8 Å². The largest absolute Gasteiger partial charge is 0.480 e. The van der Waals surface area contributed by atoms with Crippen molar-refractivity contribution in [2.24, 2.45) is 11.3 Å². The van der Waals surface area contributed by atoms with Gasteiger partial charge in [0, 0.05) is 6.42 Å². The highest BCUT2D eigenvalue weighted by molar-refractivity contribution is 5.99. The average molecular weight is 300 g/mol. The van der Waals surface area contributed by atoms with Crippen LogP contribution in [0.5, 0.6) is 0 Å². The first-order valence-electron chi connectivity index (χ1n) is 7.89. The summed E-state index contributed by atoms with van der Waals surface area (Å²) in [7, 11) is 0. The predicted molar refractivity (Wildman–Crippen MR) is 78.8 cm³/mol. The van der Waals surface area contributed by atoms with E-state index in [1.165, 1.54) is 0 Å². The number of carboxylic acids is 1. The normalized spacial score (nSPS) is 20.8. The van der Waals surface area contributed by atoms with E-state index in [1.54, 1.807) is 6.92 Å². The highest BCUT2D eigenvalue weighted by Gasteiger charge is 2.53. The van der Waals surface area contributed by atoms with E-state index in [-0.39, 0.29) is 25.4 Å². The summed E-state index contributed by atoms with van der Waals surface area (Å²) in [5.41, 5.74) is -2.71. The van der Waals surface area contributed by atoms with Gasteiger partial charge in [0.25, 0.3) is 0 Å². The summed E-state index contributed by atoms with van der Waals surface area (Å²) in [5, 5.41) is 20.4. The molecule has 1 unspecified atom stereocenters. The van der Waals surface area contributed by atoms with E-state index < -0.39 is 23.0 Å². The van der Waals surface area contributed by atoms with Crippen LogP contribution in [0, 0.1) is 11.3 Å². The summed E-state index contributed by atoms with van der Waals surface area (Å²) in [4.78, 5) is 24.2. The number of aliphatic hydroxyl groups is 1. The van der Waals surface area contributed by atoms with E-state index in [0.717, 1.165) is 19.3 Å². The van der Waals surface area contributed by atoms with Gasteiger partial charge in [-0.15, -0.1) is 0 Å². The van der Waals surface area contributed by atoms with Gasteiger partial charge in [0.05, 0.1) is 12.2 Å². The number of rotatable bonds is 7. The van der Waals surface area contributed by atoms with Crippen LogP contribution in [0.3, 0.4) is 0 Å². The molecule has 1 saturated carbocycles. The van der Waals surface area contributed by atoms with Crippen molar-refractivity contribution in [3.05, 3.63) is 0 Å². The van der Waals surface area contributed by atoms with Gasteiger partial charge < -0.3 is 14.9 Å². The van der Waals surface area contributed by atoms with Gasteiger partial charge in [-0.2, -0.15) is 0 Å². The zero-order chi connectivity index (χ0) is 16.1. The van der Waals surface area contributed by atoms with Crippen LogP contribution in [0.4, 0.5) is 0 Å². The van der Waals surface area contributed by atoms with Crippen LogP contribution in [0.1, 0.15) is 65.7 Å². The van der Waals surface area contributed by atoms with Crippen LogP contribution < -0.4 is 0 Å². The Morgan fingerprint density at radius 1 is 1.24 bits per heavy atom. The van der Waals surface area contributed by atoms with Gasteiger partial charge in [-0.1, -0.05) is 33.1 Å². The summed E-state index contributed by atoms with van der Waals surface area (Å²) in [6.45, 7) is 5.56. The molecule has 1 aliphatic carbocycles. The Bertz CT molecular complexity index is 371. The maximum Gasteiger partial charge on any atom is 0.323 e. The molecular formula is C16H28O5. The van der Waals surface area contributed by atoms with Gasteiger partial charge in [-0.05, 0) is 32.1 Å². The smallest absolute Gasteiger partial charge is 0.323 e. The summed E-state index contributed by atoms with van der Waals surface area (Å²) in [5.74, 6) is -1.88. The molecule has 0 aromatic carbocycles. The lowest BCUT2D eigenvalue weighted by Gasteiger charge is -2.39. The summed E-state index contributed by atoms with van der Waals surface area (Å²) >= 11 is 0. The fourth-order valence-corrected chi connectivity index (χ4v) is 3.39. The molecule has 0 aromatic rings. The lowest BCUT2D eigenvalue weighted by atomic mass is 9.68. The molecule has 1 atom stereocenters. The van der Waals surface area contributed by atoms with E-state index >= 15 is 0 Å². The van der Waals surface area contributed by atoms with Crippen molar-refractivity contribution in [3.8, 4) is 0 Å². The topological polar surface area (TPSA) is 83.8 Å². The maximum absolute atomic E-state index is 12.3. The van der Waals surface area contributed by atoms with Crippen molar-refractivity contribution in [1.82, 2.24) is 0 Å². The lowest BCUT2D eigenvalue weighted by Crippen LogP contribution is -2.49. The highest BCUT2D eigenvalue weighted by atomic mass is 16.5. The van der Waals surface area contributed by atoms with Gasteiger partial charge in [0.1, 0.15) is 0 Å². The molecule has 5 heteroatoms. The van der Waals surface area contributed by atoms with Crippen molar-refractivity contribution in [3.63, 3.8) is 0 Å². The monoisotopic (exact) mass is 300 g/mol. The number of carboxylic acid groups (broad SMARTS) is 1. The molecule has 1 aliphatic rings. The van der Waals surface area contributed by atoms with Crippen LogP contribution >= 0.6 is 0 Å². The van der Waals surface area contributed by atoms with Crippen LogP contribution in [-0.4, -0.2) is 34.4 Å². The molecule has 0 aromatic heterocycles. The molecule has 0 heterocycles. The average Bonchev–Trinajstić information content (AvgIpc) is 2.37. The van der Waals surface area contributed by atoms with Crippen molar-refractivity contribution in [1.29, 1.82) is 0 Å². The molecule has 1 rings (SSSR count). The van der Waals surface area contributed by atoms with Gasteiger partial charge in [0.15, 0.2) is 5.41 Å². The predicted octanol–water partition coefficient (Wildman–Crippen LogP) is 2.75. The second kappa shape index (κ2) is 7.25. The first-order chi connectivity index (χ1) is 9.76. The minimum atomic E-state index is -1.64. The maximum atomic E-state index is 12.3. The third kappa shape index (κ3) is 4.43. The Hall–Kier alpha value is -1.10. The molecule has 0 saturated heterocycles. The summed E-state index contributed by atoms with van der Waals surface area (Å²) in [6, 6.07) is 0. The molecule has 0 radical (unpaired) electrons. The molecular weight excluding hydrogens is 272 g/mol. The molecule has 5 nitrogen and oxygen atoms in total. The second-order valence-electron chi connectivity index (χ2n) is 6.67. The molecule has 0 amide bonds. The number of esters is 1. The van der Waals surface area contributed by atoms with E-state index in [0.29, 0.717) is 12.8 Å². The summed E-state index contributed by atoms with van der Waals surface area (Å²) < 4.78 is 5.03. The fourth-order valence-electron chi connectivity index (χ4n) is 3.39. The van der Waals surface area contributed by atoms with Gasteiger partial charge >= 0.3 is 11.9 Å². The molecule has 2 N–H and O–H groups in total. The van der Waals surface area contributed by atoms with Crippen LogP contribution in [0.15, 0.2) is 0 Å². The van der Waals surface area contributed by atoms with E-state index in [1.807, 2.05) is 13.8 Å². The Balaban J connectivity index is 3.08. The van der Waals surface area contributed by atoms with Crippen molar-refractivity contribution < 1.29 is 24.5 Å². The first-order valence-corrected chi connectivity index (χ1v) is 7.89. The molecule has 122 valence electrons. The van der Waals surface area contributed by atoms with Crippen LogP contribution in [0.25, 0.3) is 0 Å². The van der Waals surface area contributed by atoms with Crippen molar-refractivity contribution in [2.45, 2.75) is 71.3 Å². The number of carbonyl (C=O) groups excluding carboxylic acids is 1. The molecule has 21 heavy (non-hydrogen) atoms. The first kappa shape index (κ1) is 18.0. The number of aliphatic carboxylic acids is 1. The van der Waals surface area contributed by atoms with E-state index in [4.69, 9.17) is 4.74 Å². The highest BCUT2D eigenvalue weighted by Crippen LogP contribution is 2.42. The zero-order valence-corrected chi connectivity index (χ0v) is 13.4. The SMILES string of the molecule is CCOC(=O)C(CC(C)C)(CC1(O)CCCCC1)C(=O)O. The molecule has 1 fully saturated rings. The molecule has 0 bridgehead atoms. The molecule has 0 aliphatic heterocycles. The number of ether oxygens (including phenoxy) is 1. The standard InChI is InChI=1S/C16H28O5/c1-4-21-14(19)16(13(17)18,10-12(2)3)11-15(20)8-6-5-7-9-15/h12,20H,4-11H2,1-3H3,(H,17,18). The Morgan fingerprint density at radius 3 is 2.24 bits per heavy atom. The Kier molecular flexibility index (Phi) is 6.20. The van der Waals surface area contributed by atoms with Crippen molar-refractivity contribution >= 4 is 11.9 Å².